The molecule has 82 valence electrons. The van der Waals surface area contributed by atoms with E-state index in [0.717, 1.165) is 0 Å². The van der Waals surface area contributed by atoms with E-state index in [1.807, 2.05) is 6.92 Å². The molecule has 15 heavy (non-hydrogen) atoms. The van der Waals surface area contributed by atoms with Crippen LogP contribution < -0.4 is 0 Å². The highest BCUT2D eigenvalue weighted by Gasteiger charge is 2.55. The predicted molar refractivity (Wildman–Crippen MR) is 53.4 cm³/mol. The lowest BCUT2D eigenvalue weighted by molar-refractivity contribution is -0.116. The summed E-state index contributed by atoms with van der Waals surface area (Å²) in [5.41, 5.74) is 1.16. The van der Waals surface area contributed by atoms with Crippen LogP contribution in [-0.4, -0.2) is 42.9 Å². The Bertz CT molecular complexity index is 342. The molecule has 1 aliphatic heterocycles. The molecule has 2 aliphatic rings. The largest absolute Gasteiger partial charge is 0.392 e. The van der Waals surface area contributed by atoms with Gasteiger partial charge >= 0.3 is 0 Å². The number of carbonyl (C=O) groups excluding carboxylic acids is 1. The fourth-order valence-electron chi connectivity index (χ4n) is 2.04. The molecule has 0 aromatic rings. The van der Waals surface area contributed by atoms with Gasteiger partial charge < -0.3 is 14.6 Å². The van der Waals surface area contributed by atoms with Gasteiger partial charge in [-0.25, -0.2) is 0 Å². The lowest BCUT2D eigenvalue weighted by Gasteiger charge is -2.21. The Morgan fingerprint density at radius 3 is 2.87 bits per heavy atom. The van der Waals surface area contributed by atoms with Gasteiger partial charge in [0.25, 0.3) is 0 Å². The molecule has 0 saturated carbocycles. The highest BCUT2D eigenvalue weighted by Crippen LogP contribution is 2.39. The summed E-state index contributed by atoms with van der Waals surface area (Å²) >= 11 is 0. The van der Waals surface area contributed by atoms with Crippen LogP contribution in [0.4, 0.5) is 0 Å². The van der Waals surface area contributed by atoms with Gasteiger partial charge in [-0.2, -0.15) is 0 Å². The fraction of sp³-hybridized carbons (Fsp3) is 0.545. The Hall–Kier alpha value is -0.970. The summed E-state index contributed by atoms with van der Waals surface area (Å²) in [6.07, 6.45) is 2.63. The molecule has 1 fully saturated rings. The lowest BCUT2D eigenvalue weighted by atomic mass is 9.88. The average molecular weight is 210 g/mol. The molecule has 3 atom stereocenters. The summed E-state index contributed by atoms with van der Waals surface area (Å²) in [6.45, 7) is 1.66. The van der Waals surface area contributed by atoms with Crippen LogP contribution in [0.15, 0.2) is 23.3 Å². The average Bonchev–Trinajstić information content (AvgIpc) is 3.01. The quantitative estimate of drug-likeness (QED) is 0.677. The Balaban J connectivity index is 2.41. The minimum Gasteiger partial charge on any atom is -0.392 e. The number of Topliss-reactive ketones (excluding diaryl/α,β-unsaturated/α-hetero) is 1. The molecular formula is C11H14O4. The summed E-state index contributed by atoms with van der Waals surface area (Å²) in [6, 6.07) is 0. The highest BCUT2D eigenvalue weighted by molar-refractivity contribution is 6.05. The van der Waals surface area contributed by atoms with Crippen molar-refractivity contribution in [2.45, 2.75) is 25.2 Å². The normalized spacial score (nSPS) is 34.9. The number of carbonyl (C=O) groups is 1. The van der Waals surface area contributed by atoms with Gasteiger partial charge in [0.15, 0.2) is 5.78 Å². The number of methoxy groups -OCH3 is 1. The molecule has 4 nitrogen and oxygen atoms in total. The van der Waals surface area contributed by atoms with Gasteiger partial charge in [-0.05, 0) is 12.5 Å². The second-order valence-corrected chi connectivity index (χ2v) is 3.64. The van der Waals surface area contributed by atoms with Crippen molar-refractivity contribution in [3.63, 3.8) is 0 Å². The minimum atomic E-state index is -0.364. The van der Waals surface area contributed by atoms with E-state index in [1.54, 1.807) is 19.3 Å². The van der Waals surface area contributed by atoms with Crippen molar-refractivity contribution in [2.24, 2.45) is 0 Å². The van der Waals surface area contributed by atoms with E-state index in [-0.39, 0.29) is 30.7 Å². The van der Waals surface area contributed by atoms with Crippen molar-refractivity contribution in [3.8, 4) is 0 Å². The Kier molecular flexibility index (Phi) is 2.73. The first-order chi connectivity index (χ1) is 7.24. The number of ketones is 1. The minimum absolute atomic E-state index is 0.0459. The summed E-state index contributed by atoms with van der Waals surface area (Å²) in [4.78, 5) is 11.8. The Morgan fingerprint density at radius 2 is 2.33 bits per heavy atom. The molecule has 0 radical (unpaired) electrons. The van der Waals surface area contributed by atoms with Gasteiger partial charge in [-0.3, -0.25) is 4.79 Å². The number of allylic oxidation sites excluding steroid dienone is 2. The number of hydrogen-bond donors (Lipinski definition) is 1. The molecule has 0 amide bonds. The molecule has 1 heterocycles. The molecule has 1 saturated heterocycles. The monoisotopic (exact) mass is 210 g/mol. The van der Waals surface area contributed by atoms with Gasteiger partial charge in [0.2, 0.25) is 0 Å². The lowest BCUT2D eigenvalue weighted by Crippen LogP contribution is -2.34. The van der Waals surface area contributed by atoms with Crippen LogP contribution >= 0.6 is 0 Å². The van der Waals surface area contributed by atoms with Crippen molar-refractivity contribution in [1.82, 2.24) is 0 Å². The molecule has 0 spiro atoms. The first kappa shape index (κ1) is 10.5. The van der Waals surface area contributed by atoms with Crippen molar-refractivity contribution in [2.75, 3.05) is 13.7 Å². The maximum atomic E-state index is 11.8. The zero-order chi connectivity index (χ0) is 11.0. The number of rotatable bonds is 3. The number of aliphatic hydroxyl groups excluding tert-OH is 1. The smallest absolute Gasteiger partial charge is 0.194 e. The van der Waals surface area contributed by atoms with Crippen LogP contribution in [0, 0.1) is 0 Å². The summed E-state index contributed by atoms with van der Waals surface area (Å²) in [7, 11) is 1.56. The maximum absolute atomic E-state index is 11.8. The third-order valence-corrected chi connectivity index (χ3v) is 2.79. The second-order valence-electron chi connectivity index (χ2n) is 3.64. The van der Waals surface area contributed by atoms with Gasteiger partial charge in [-0.15, -0.1) is 0 Å². The van der Waals surface area contributed by atoms with Crippen LogP contribution in [0.1, 0.15) is 6.92 Å². The van der Waals surface area contributed by atoms with E-state index >= 15 is 0 Å². The molecule has 1 aliphatic carbocycles. The van der Waals surface area contributed by atoms with Gasteiger partial charge in [0, 0.05) is 12.7 Å². The van der Waals surface area contributed by atoms with Crippen LogP contribution in [0.2, 0.25) is 0 Å². The third-order valence-electron chi connectivity index (χ3n) is 2.79. The number of fused-ring (bicyclic) bond motifs is 1. The van der Waals surface area contributed by atoms with Crippen LogP contribution in [0.3, 0.4) is 0 Å². The summed E-state index contributed by atoms with van der Waals surface area (Å²) in [5, 5.41) is 9.26. The molecule has 1 N–H and O–H groups in total. The van der Waals surface area contributed by atoms with Crippen molar-refractivity contribution in [3.05, 3.63) is 23.3 Å². The van der Waals surface area contributed by atoms with Crippen molar-refractivity contribution >= 4 is 5.78 Å². The Labute approximate surface area is 88.2 Å². The zero-order valence-corrected chi connectivity index (χ0v) is 8.77. The SMILES string of the molecule is C/C=C/C1=C(CO)[C@H](OC)[C@H]2O[C@H]2C1=O. The van der Waals surface area contributed by atoms with Gasteiger partial charge in [0.05, 0.1) is 6.61 Å². The van der Waals surface area contributed by atoms with Crippen LogP contribution in [-0.2, 0) is 14.3 Å². The first-order valence-electron chi connectivity index (χ1n) is 4.93. The van der Waals surface area contributed by atoms with E-state index in [1.165, 1.54) is 0 Å². The van der Waals surface area contributed by atoms with Gasteiger partial charge in [0.1, 0.15) is 18.3 Å². The topological polar surface area (TPSA) is 59.1 Å². The molecular weight excluding hydrogens is 196 g/mol. The van der Waals surface area contributed by atoms with Crippen molar-refractivity contribution in [1.29, 1.82) is 0 Å². The molecule has 0 unspecified atom stereocenters. The van der Waals surface area contributed by atoms with E-state index in [9.17, 15) is 9.90 Å². The van der Waals surface area contributed by atoms with Crippen molar-refractivity contribution < 1.29 is 19.4 Å². The van der Waals surface area contributed by atoms with E-state index in [4.69, 9.17) is 9.47 Å². The number of hydrogen-bond acceptors (Lipinski definition) is 4. The maximum Gasteiger partial charge on any atom is 0.194 e. The summed E-state index contributed by atoms with van der Waals surface area (Å²) in [5.74, 6) is -0.0459. The highest BCUT2D eigenvalue weighted by atomic mass is 16.6. The summed E-state index contributed by atoms with van der Waals surface area (Å²) < 4.78 is 10.5. The standard InChI is InChI=1S/C11H14O4/c1-3-4-6-7(5-12)9(14-2)11-10(15-11)8(6)13/h3-4,9-12H,5H2,1-2H3/b4-3+/t9-,10-,11+/m0/s1. The molecule has 0 aromatic heterocycles. The number of epoxide rings is 1. The number of ether oxygens (including phenoxy) is 2. The van der Waals surface area contributed by atoms with E-state index in [2.05, 4.69) is 0 Å². The predicted octanol–water partition coefficient (Wildman–Crippen LogP) is 0.216. The Morgan fingerprint density at radius 1 is 1.60 bits per heavy atom. The zero-order valence-electron chi connectivity index (χ0n) is 8.77. The first-order valence-corrected chi connectivity index (χ1v) is 4.93. The van der Waals surface area contributed by atoms with E-state index < -0.39 is 0 Å². The molecule has 0 aromatic carbocycles. The van der Waals surface area contributed by atoms with Crippen LogP contribution in [0.25, 0.3) is 0 Å². The molecule has 2 rings (SSSR count). The third kappa shape index (κ3) is 1.55. The second kappa shape index (κ2) is 3.89. The molecule has 0 bridgehead atoms. The van der Waals surface area contributed by atoms with E-state index in [0.29, 0.717) is 11.1 Å². The molecule has 4 heteroatoms. The number of aliphatic hydroxyl groups is 1. The van der Waals surface area contributed by atoms with Gasteiger partial charge in [-0.1, -0.05) is 12.2 Å². The van der Waals surface area contributed by atoms with Crippen LogP contribution in [0.5, 0.6) is 0 Å². The fourth-order valence-corrected chi connectivity index (χ4v) is 2.04.